The Bertz CT molecular complexity index is 740. The summed E-state index contributed by atoms with van der Waals surface area (Å²) in [6.45, 7) is 1.88. The molecule has 0 spiro atoms. The monoisotopic (exact) mass is 242 g/mol. The number of carboxylic acid groups (broad SMARTS) is 1. The van der Waals surface area contributed by atoms with E-state index in [0.717, 1.165) is 28.6 Å². The van der Waals surface area contributed by atoms with E-state index < -0.39 is 5.97 Å². The first-order chi connectivity index (χ1) is 8.68. The topological polar surface area (TPSA) is 79.1 Å². The number of H-pyrrole nitrogens is 1. The molecule has 3 aromatic rings. The lowest BCUT2D eigenvalue weighted by Gasteiger charge is -1.98. The molecule has 2 N–H and O–H groups in total. The van der Waals surface area contributed by atoms with Crippen molar-refractivity contribution in [3.63, 3.8) is 0 Å². The van der Waals surface area contributed by atoms with Crippen molar-refractivity contribution in [2.24, 2.45) is 0 Å². The molecule has 0 aliphatic carbocycles. The fraction of sp³-hybridized carbons (Fsp3) is 0.0769. The van der Waals surface area contributed by atoms with Gasteiger partial charge < -0.3 is 14.5 Å². The summed E-state index contributed by atoms with van der Waals surface area (Å²) < 4.78 is 4.93. The van der Waals surface area contributed by atoms with E-state index in [4.69, 9.17) is 9.52 Å². The maximum atomic E-state index is 11.1. The van der Waals surface area contributed by atoms with Gasteiger partial charge in [0.2, 0.25) is 5.76 Å². The largest absolute Gasteiger partial charge is 0.475 e. The van der Waals surface area contributed by atoms with Crippen LogP contribution in [0.2, 0.25) is 0 Å². The van der Waals surface area contributed by atoms with Gasteiger partial charge in [-0.2, -0.15) is 0 Å². The Labute approximate surface area is 102 Å². The number of aromatic carboxylic acids is 1. The third kappa shape index (κ3) is 1.41. The molecular formula is C13H10N2O3. The molecule has 3 rings (SSSR count). The molecule has 90 valence electrons. The van der Waals surface area contributed by atoms with E-state index in [9.17, 15) is 4.79 Å². The number of oxazole rings is 1. The van der Waals surface area contributed by atoms with Gasteiger partial charge in [0.1, 0.15) is 5.69 Å². The van der Waals surface area contributed by atoms with Crippen LogP contribution in [0, 0.1) is 6.92 Å². The molecule has 1 aromatic carbocycles. The van der Waals surface area contributed by atoms with Crippen LogP contribution < -0.4 is 0 Å². The number of hydrogen-bond acceptors (Lipinski definition) is 3. The van der Waals surface area contributed by atoms with E-state index in [1.807, 2.05) is 31.2 Å². The molecule has 0 saturated heterocycles. The number of hydrogen-bond donors (Lipinski definition) is 2. The standard InChI is InChI=1S/C13H10N2O3/c1-7-10(8-4-2-3-5-9(8)15-7)11-12(13(16)17)18-6-14-11/h2-6,15H,1H3,(H,16,17). The summed E-state index contributed by atoms with van der Waals surface area (Å²) in [5.41, 5.74) is 2.95. The van der Waals surface area contributed by atoms with Crippen molar-refractivity contribution in [3.05, 3.63) is 42.1 Å². The first-order valence-corrected chi connectivity index (χ1v) is 5.43. The number of nitrogens with zero attached hydrogens (tertiary/aromatic N) is 1. The Hall–Kier alpha value is -2.56. The van der Waals surface area contributed by atoms with Gasteiger partial charge in [0.05, 0.1) is 0 Å². The molecule has 0 amide bonds. The van der Waals surface area contributed by atoms with Crippen LogP contribution in [0.5, 0.6) is 0 Å². The van der Waals surface area contributed by atoms with Crippen LogP contribution in [-0.2, 0) is 0 Å². The number of carboxylic acids is 1. The molecule has 18 heavy (non-hydrogen) atoms. The molecule has 0 unspecified atom stereocenters. The van der Waals surface area contributed by atoms with Gasteiger partial charge >= 0.3 is 5.97 Å². The zero-order valence-corrected chi connectivity index (χ0v) is 9.60. The van der Waals surface area contributed by atoms with Crippen LogP contribution in [0.25, 0.3) is 22.2 Å². The molecule has 2 heterocycles. The van der Waals surface area contributed by atoms with Gasteiger partial charge in [-0.15, -0.1) is 0 Å². The smallest absolute Gasteiger partial charge is 0.374 e. The van der Waals surface area contributed by atoms with Crippen LogP contribution in [0.4, 0.5) is 0 Å². The maximum Gasteiger partial charge on any atom is 0.374 e. The number of rotatable bonds is 2. The van der Waals surface area contributed by atoms with Crippen LogP contribution in [0.15, 0.2) is 35.1 Å². The normalized spacial score (nSPS) is 10.9. The number of nitrogens with one attached hydrogen (secondary N) is 1. The number of para-hydroxylation sites is 1. The molecule has 0 bridgehead atoms. The summed E-state index contributed by atoms with van der Waals surface area (Å²) in [7, 11) is 0. The number of aryl methyl sites for hydroxylation is 1. The summed E-state index contributed by atoms with van der Waals surface area (Å²) in [4.78, 5) is 18.3. The third-order valence-electron chi connectivity index (χ3n) is 2.89. The van der Waals surface area contributed by atoms with E-state index in [1.165, 1.54) is 0 Å². The second kappa shape index (κ2) is 3.73. The zero-order chi connectivity index (χ0) is 12.7. The van der Waals surface area contributed by atoms with Crippen molar-refractivity contribution < 1.29 is 14.3 Å². The first kappa shape index (κ1) is 10.6. The van der Waals surface area contributed by atoms with Crippen molar-refractivity contribution in [1.82, 2.24) is 9.97 Å². The van der Waals surface area contributed by atoms with Gasteiger partial charge in [0.25, 0.3) is 0 Å². The lowest BCUT2D eigenvalue weighted by Crippen LogP contribution is -1.97. The molecule has 0 radical (unpaired) electrons. The third-order valence-corrected chi connectivity index (χ3v) is 2.89. The highest BCUT2D eigenvalue weighted by Crippen LogP contribution is 2.33. The molecular weight excluding hydrogens is 232 g/mol. The Morgan fingerprint density at radius 2 is 2.17 bits per heavy atom. The highest BCUT2D eigenvalue weighted by molar-refractivity contribution is 6.01. The Kier molecular flexibility index (Phi) is 2.19. The van der Waals surface area contributed by atoms with E-state index in [1.54, 1.807) is 0 Å². The Morgan fingerprint density at radius 1 is 1.39 bits per heavy atom. The lowest BCUT2D eigenvalue weighted by molar-refractivity contribution is 0.0663. The van der Waals surface area contributed by atoms with Crippen molar-refractivity contribution in [2.45, 2.75) is 6.92 Å². The Morgan fingerprint density at radius 3 is 2.94 bits per heavy atom. The number of carbonyl (C=O) groups is 1. The average molecular weight is 242 g/mol. The molecule has 0 aliphatic rings. The lowest BCUT2D eigenvalue weighted by atomic mass is 10.1. The Balaban J connectivity index is 2.34. The summed E-state index contributed by atoms with van der Waals surface area (Å²) in [6.07, 6.45) is 1.15. The number of aromatic amines is 1. The average Bonchev–Trinajstić information content (AvgIpc) is 2.91. The quantitative estimate of drug-likeness (QED) is 0.724. The first-order valence-electron chi connectivity index (χ1n) is 5.43. The van der Waals surface area contributed by atoms with E-state index >= 15 is 0 Å². The minimum Gasteiger partial charge on any atom is -0.475 e. The summed E-state index contributed by atoms with van der Waals surface area (Å²) in [5, 5.41) is 10.0. The minimum atomic E-state index is -1.12. The molecule has 2 aromatic heterocycles. The number of benzene rings is 1. The van der Waals surface area contributed by atoms with Crippen LogP contribution >= 0.6 is 0 Å². The fourth-order valence-corrected chi connectivity index (χ4v) is 2.16. The fourth-order valence-electron chi connectivity index (χ4n) is 2.16. The van der Waals surface area contributed by atoms with Crippen LogP contribution in [0.3, 0.4) is 0 Å². The second-order valence-corrected chi connectivity index (χ2v) is 4.01. The van der Waals surface area contributed by atoms with Crippen LogP contribution in [-0.4, -0.2) is 21.0 Å². The zero-order valence-electron chi connectivity index (χ0n) is 9.60. The van der Waals surface area contributed by atoms with Crippen molar-refractivity contribution in [2.75, 3.05) is 0 Å². The summed E-state index contributed by atoms with van der Waals surface area (Å²) >= 11 is 0. The predicted molar refractivity (Wildman–Crippen MR) is 65.5 cm³/mol. The molecule has 5 heteroatoms. The number of aromatic nitrogens is 2. The molecule has 5 nitrogen and oxygen atoms in total. The van der Waals surface area contributed by atoms with Gasteiger partial charge in [0.15, 0.2) is 6.39 Å². The second-order valence-electron chi connectivity index (χ2n) is 4.01. The van der Waals surface area contributed by atoms with Crippen molar-refractivity contribution >= 4 is 16.9 Å². The predicted octanol–water partition coefficient (Wildman–Crippen LogP) is 2.83. The minimum absolute atomic E-state index is 0.136. The summed E-state index contributed by atoms with van der Waals surface area (Å²) in [6, 6.07) is 7.68. The highest BCUT2D eigenvalue weighted by atomic mass is 16.4. The molecule has 0 fully saturated rings. The van der Waals surface area contributed by atoms with Gasteiger partial charge in [-0.1, -0.05) is 18.2 Å². The van der Waals surface area contributed by atoms with Crippen molar-refractivity contribution in [3.8, 4) is 11.3 Å². The summed E-state index contributed by atoms with van der Waals surface area (Å²) in [5.74, 6) is -1.25. The molecule has 0 atom stereocenters. The van der Waals surface area contributed by atoms with Crippen LogP contribution in [0.1, 0.15) is 16.2 Å². The van der Waals surface area contributed by atoms with E-state index in [2.05, 4.69) is 9.97 Å². The van der Waals surface area contributed by atoms with E-state index in [-0.39, 0.29) is 5.76 Å². The van der Waals surface area contributed by atoms with E-state index in [0.29, 0.717) is 5.69 Å². The van der Waals surface area contributed by atoms with Gasteiger partial charge in [0, 0.05) is 22.2 Å². The molecule has 0 aliphatic heterocycles. The van der Waals surface area contributed by atoms with Gasteiger partial charge in [-0.3, -0.25) is 0 Å². The maximum absolute atomic E-state index is 11.1. The highest BCUT2D eigenvalue weighted by Gasteiger charge is 2.21. The SMILES string of the molecule is Cc1[nH]c2ccccc2c1-c1ncoc1C(=O)O. The van der Waals surface area contributed by atoms with Gasteiger partial charge in [-0.25, -0.2) is 9.78 Å². The van der Waals surface area contributed by atoms with Crippen molar-refractivity contribution in [1.29, 1.82) is 0 Å². The van der Waals surface area contributed by atoms with Gasteiger partial charge in [-0.05, 0) is 13.0 Å². The number of fused-ring (bicyclic) bond motifs is 1. The molecule has 0 saturated carbocycles.